The van der Waals surface area contributed by atoms with Crippen molar-refractivity contribution in [3.8, 4) is 0 Å². The minimum Gasteiger partial charge on any atom is -0.350 e. The van der Waals surface area contributed by atoms with Crippen LogP contribution in [0.1, 0.15) is 0 Å². The molecule has 18 nitrogen and oxygen atoms in total. The molecule has 5 N–H and O–H groups in total. The highest BCUT2D eigenvalue weighted by Crippen LogP contribution is 2.36. The molecule has 50 heavy (non-hydrogen) atoms. The molecule has 0 amide bonds. The molecule has 0 aliphatic rings. The van der Waals surface area contributed by atoms with Crippen LogP contribution in [0.5, 0.6) is 0 Å². The Labute approximate surface area is 280 Å². The summed E-state index contributed by atoms with van der Waals surface area (Å²) in [6.07, 6.45) is 0. The highest BCUT2D eigenvalue weighted by Gasteiger charge is 2.25. The molecule has 6 aromatic carbocycles. The molecule has 0 radical (unpaired) electrons. The molecule has 0 atom stereocenters. The molecule has 256 valence electrons. The van der Waals surface area contributed by atoms with E-state index in [0.717, 1.165) is 24.3 Å². The smallest absolute Gasteiger partial charge is 0.350 e. The Kier molecular flexibility index (Phi) is 8.54. The highest BCUT2D eigenvalue weighted by atomic mass is 32.2. The number of H-pyrrole nitrogens is 2. The summed E-state index contributed by atoms with van der Waals surface area (Å²) in [6, 6.07) is 10.6. The Balaban J connectivity index is 0.00000103. The van der Waals surface area contributed by atoms with Crippen LogP contribution in [0.4, 0.5) is 0 Å². The Morgan fingerprint density at radius 1 is 0.600 bits per heavy atom. The molecule has 0 spiro atoms. The van der Waals surface area contributed by atoms with E-state index in [9.17, 15) is 45.1 Å². The van der Waals surface area contributed by atoms with Gasteiger partial charge in [0.25, 0.3) is 20.2 Å². The van der Waals surface area contributed by atoms with E-state index in [0.29, 0.717) is 12.0 Å². The van der Waals surface area contributed by atoms with Gasteiger partial charge in [-0.15, -0.1) is 17.0 Å². The average molecular weight is 763 g/mol. The summed E-state index contributed by atoms with van der Waals surface area (Å²) in [6.45, 7) is 0. The van der Waals surface area contributed by atoms with E-state index in [2.05, 4.69) is 19.3 Å². The summed E-state index contributed by atoms with van der Waals surface area (Å²) >= 11 is 0.340. The zero-order valence-corrected chi connectivity index (χ0v) is 27.2. The van der Waals surface area contributed by atoms with E-state index >= 15 is 0 Å². The van der Waals surface area contributed by atoms with Crippen LogP contribution in [-0.4, -0.2) is 53.8 Å². The van der Waals surface area contributed by atoms with Crippen LogP contribution >= 0.6 is 12.0 Å². The fraction of sp³-hybridized carbons (Fsp3) is 0. The maximum absolute atomic E-state index is 13.9. The molecule has 0 aliphatic carbocycles. The number of nitrogens with one attached hydrogen (secondary N) is 2. The summed E-state index contributed by atoms with van der Waals surface area (Å²) in [5.41, 5.74) is -4.27. The first kappa shape index (κ1) is 34.7. The summed E-state index contributed by atoms with van der Waals surface area (Å²) in [7, 11) is -13.0. The Bertz CT molecular complexity index is 3230. The summed E-state index contributed by atoms with van der Waals surface area (Å²) in [5.74, 6) is 0. The maximum atomic E-state index is 13.9. The van der Waals surface area contributed by atoms with Gasteiger partial charge in [0, 0.05) is 32.3 Å². The van der Waals surface area contributed by atoms with Crippen LogP contribution in [0.2, 0.25) is 0 Å². The first-order valence-electron chi connectivity index (χ1n) is 13.2. The molecular formula is C28H14N2O16S4. The monoisotopic (exact) mass is 762 g/mol. The second-order valence-corrected chi connectivity index (χ2v) is 14.3. The topological polar surface area (TPSA) is 298 Å². The van der Waals surface area contributed by atoms with E-state index in [1.54, 1.807) is 0 Å². The van der Waals surface area contributed by atoms with Crippen LogP contribution in [0.25, 0.3) is 65.2 Å². The van der Waals surface area contributed by atoms with Crippen LogP contribution in [0, 0.1) is 0 Å². The average Bonchev–Trinajstić information content (AvgIpc) is 3.05. The standard InChI is InChI=1S/C28H14N2O13S3.O3S/c31-25-11-3-1-2-4-12(11)27(33)20-16(25)9-18(46(39,40)41)22-24(20)29-21-17(44-43-42-35)8-15-19(23(21)30-22)28(34)14-7-10(45(36,37)38)5-6-13(14)26(15)32;1-4(2)3/h1-9,29-30,35H,(H,36,37,38)(H,39,40,41);. The minimum absolute atomic E-state index is 0.00347. The number of rotatable bonds is 5. The normalized spacial score (nSPS) is 12.2. The van der Waals surface area contributed by atoms with E-state index in [-0.39, 0.29) is 59.1 Å². The number of fused-ring (bicyclic) bond motifs is 8. The lowest BCUT2D eigenvalue weighted by molar-refractivity contribution is -0.432. The molecule has 0 saturated heterocycles. The fourth-order valence-corrected chi connectivity index (χ4v) is 7.41. The number of hydrogen-bond acceptors (Lipinski definition) is 15. The van der Waals surface area contributed by atoms with Gasteiger partial charge in [-0.3, -0.25) is 28.3 Å². The number of aromatic nitrogens is 2. The molecule has 0 saturated carbocycles. The number of aromatic amines is 2. The zero-order valence-electron chi connectivity index (χ0n) is 24.0. The molecule has 0 bridgehead atoms. The van der Waals surface area contributed by atoms with E-state index < -0.39 is 73.3 Å². The Morgan fingerprint density at radius 2 is 1.10 bits per heavy atom. The molecule has 0 unspecified atom stereocenters. The van der Waals surface area contributed by atoms with Crippen molar-refractivity contribution in [1.29, 1.82) is 0 Å². The summed E-state index contributed by atoms with van der Waals surface area (Å²) in [5, 5.41) is 10.6. The fourth-order valence-electron chi connectivity index (χ4n) is 5.72. The van der Waals surface area contributed by atoms with Crippen LogP contribution < -0.4 is 21.7 Å². The van der Waals surface area contributed by atoms with Crippen molar-refractivity contribution in [1.82, 2.24) is 9.97 Å². The van der Waals surface area contributed by atoms with Gasteiger partial charge in [0.1, 0.15) is 4.90 Å². The number of benzene rings is 6. The van der Waals surface area contributed by atoms with Crippen LogP contribution in [0.15, 0.2) is 88.5 Å². The van der Waals surface area contributed by atoms with Crippen LogP contribution in [-0.2, 0) is 40.2 Å². The summed E-state index contributed by atoms with van der Waals surface area (Å²) < 4.78 is 98.6. The quantitative estimate of drug-likeness (QED) is 0.0418. The van der Waals surface area contributed by atoms with E-state index in [4.69, 9.17) is 17.9 Å². The molecule has 7 aromatic rings. The molecular weight excluding hydrogens is 749 g/mol. The van der Waals surface area contributed by atoms with Crippen molar-refractivity contribution in [2.45, 2.75) is 14.7 Å². The third kappa shape index (κ3) is 5.68. The van der Waals surface area contributed by atoms with E-state index in [1.165, 1.54) is 30.3 Å². The van der Waals surface area contributed by atoms with Crippen molar-refractivity contribution in [2.24, 2.45) is 0 Å². The zero-order chi connectivity index (χ0) is 36.4. The van der Waals surface area contributed by atoms with Gasteiger partial charge >= 0.3 is 10.6 Å². The van der Waals surface area contributed by atoms with Crippen molar-refractivity contribution < 1.29 is 53.2 Å². The third-order valence-electron chi connectivity index (χ3n) is 7.65. The van der Waals surface area contributed by atoms with Gasteiger partial charge in [0.2, 0.25) is 0 Å². The minimum atomic E-state index is -5.13. The Hall–Kier alpha value is -5.17. The van der Waals surface area contributed by atoms with Crippen LogP contribution in [0.3, 0.4) is 0 Å². The van der Waals surface area contributed by atoms with Gasteiger partial charge in [-0.1, -0.05) is 29.3 Å². The van der Waals surface area contributed by atoms with Crippen molar-refractivity contribution in [2.75, 3.05) is 0 Å². The SMILES string of the molecule is O=S(=O)=O.O=c1c2ccc(S(=O)(=O)O)cc2c(=O)c2c1cc(SOOO)c1[nH]c3c([nH]c12)c(S(=O)(=O)O)cc1c(=O)c2ccccc2c(=O)c13. The molecule has 7 rings (SSSR count). The second-order valence-electron chi connectivity index (χ2n) is 10.3. The van der Waals surface area contributed by atoms with Gasteiger partial charge in [-0.05, 0) is 30.3 Å². The molecule has 1 heterocycles. The predicted octanol–water partition coefficient (Wildman–Crippen LogP) is 2.06. The first-order valence-corrected chi connectivity index (χ1v) is 17.8. The highest BCUT2D eigenvalue weighted by molar-refractivity contribution is 7.94. The van der Waals surface area contributed by atoms with Gasteiger partial charge in [0.05, 0.1) is 54.7 Å². The van der Waals surface area contributed by atoms with Gasteiger partial charge in [-0.2, -0.15) is 16.8 Å². The van der Waals surface area contributed by atoms with Gasteiger partial charge < -0.3 is 9.97 Å². The lowest BCUT2D eigenvalue weighted by Crippen LogP contribution is -2.17. The van der Waals surface area contributed by atoms with Gasteiger partial charge in [-0.25, -0.2) is 5.26 Å². The Morgan fingerprint density at radius 3 is 1.66 bits per heavy atom. The van der Waals surface area contributed by atoms with Crippen molar-refractivity contribution in [3.63, 3.8) is 0 Å². The lowest BCUT2D eigenvalue weighted by Gasteiger charge is -2.14. The van der Waals surface area contributed by atoms with Gasteiger partial charge in [0.15, 0.2) is 21.7 Å². The third-order valence-corrected chi connectivity index (χ3v) is 10.0. The maximum Gasteiger partial charge on any atom is 0.425 e. The lowest BCUT2D eigenvalue weighted by atomic mass is 9.99. The largest absolute Gasteiger partial charge is 0.425 e. The first-order chi connectivity index (χ1) is 23.4. The van der Waals surface area contributed by atoms with E-state index in [1.807, 2.05) is 0 Å². The predicted molar refractivity (Wildman–Crippen MR) is 176 cm³/mol. The molecule has 0 fully saturated rings. The molecule has 22 heteroatoms. The molecule has 0 aliphatic heterocycles. The number of hydrogen-bond donors (Lipinski definition) is 5. The van der Waals surface area contributed by atoms with Crippen molar-refractivity contribution in [3.05, 3.63) is 95.5 Å². The summed E-state index contributed by atoms with van der Waals surface area (Å²) in [4.78, 5) is 58.7. The van der Waals surface area contributed by atoms with Crippen molar-refractivity contribution >= 4 is 108 Å². The molecule has 1 aromatic heterocycles. The second kappa shape index (κ2) is 12.3.